The smallest absolute Gasteiger partial charge is 0.331 e. The second-order valence-corrected chi connectivity index (χ2v) is 9.75. The normalized spacial score (nSPS) is 14.8. The van der Waals surface area contributed by atoms with Crippen molar-refractivity contribution < 1.29 is 22.8 Å². The molecule has 0 unspecified atom stereocenters. The first-order valence-electron chi connectivity index (χ1n) is 9.87. The standard InChI is InChI=1S/C22H23F3N2O2S2/c1-2-27(21(29)22(23,24)25)14-15-5-3-6-18(13-15)26-19(28)16-7-9-17(10-8-16)20-30-11-4-12-31-20/h3,5-10,13,20H,2,4,11-12,14H2,1H3,(H,26,28). The summed E-state index contributed by atoms with van der Waals surface area (Å²) in [5.74, 6) is 0.103. The van der Waals surface area contributed by atoms with E-state index in [0.29, 0.717) is 21.4 Å². The lowest BCUT2D eigenvalue weighted by Gasteiger charge is -2.22. The van der Waals surface area contributed by atoms with E-state index in [4.69, 9.17) is 0 Å². The van der Waals surface area contributed by atoms with Crippen molar-refractivity contribution in [1.29, 1.82) is 0 Å². The highest BCUT2D eigenvalue weighted by Crippen LogP contribution is 2.43. The molecule has 1 aliphatic heterocycles. The Balaban J connectivity index is 1.64. The third-order valence-corrected chi connectivity index (χ3v) is 7.76. The van der Waals surface area contributed by atoms with Crippen LogP contribution in [0.1, 0.15) is 39.4 Å². The fourth-order valence-corrected chi connectivity index (χ4v) is 6.04. The summed E-state index contributed by atoms with van der Waals surface area (Å²) in [6.45, 7) is 1.23. The van der Waals surface area contributed by atoms with Gasteiger partial charge in [-0.3, -0.25) is 9.59 Å². The van der Waals surface area contributed by atoms with Crippen LogP contribution in [0.3, 0.4) is 0 Å². The summed E-state index contributed by atoms with van der Waals surface area (Å²) in [4.78, 5) is 24.8. The monoisotopic (exact) mass is 468 g/mol. The number of nitrogens with one attached hydrogen (secondary N) is 1. The van der Waals surface area contributed by atoms with E-state index in [-0.39, 0.29) is 19.0 Å². The first-order chi connectivity index (χ1) is 14.8. The predicted molar refractivity (Wildman–Crippen MR) is 120 cm³/mol. The van der Waals surface area contributed by atoms with Crippen molar-refractivity contribution in [2.75, 3.05) is 23.4 Å². The van der Waals surface area contributed by atoms with Gasteiger partial charge in [-0.05, 0) is 60.2 Å². The maximum absolute atomic E-state index is 12.7. The SMILES string of the molecule is CCN(Cc1cccc(NC(=O)c2ccc(C3SCCCS3)cc2)c1)C(=O)C(F)(F)F. The molecule has 1 fully saturated rings. The van der Waals surface area contributed by atoms with Crippen LogP contribution in [0.5, 0.6) is 0 Å². The molecule has 31 heavy (non-hydrogen) atoms. The van der Waals surface area contributed by atoms with Crippen LogP contribution < -0.4 is 5.32 Å². The third kappa shape index (κ3) is 6.43. The molecule has 0 radical (unpaired) electrons. The van der Waals surface area contributed by atoms with Crippen LogP contribution in [0.2, 0.25) is 0 Å². The van der Waals surface area contributed by atoms with Gasteiger partial charge in [-0.2, -0.15) is 13.2 Å². The number of amides is 2. The van der Waals surface area contributed by atoms with Gasteiger partial charge in [0.2, 0.25) is 0 Å². The zero-order chi connectivity index (χ0) is 22.4. The second kappa shape index (κ2) is 10.5. The summed E-state index contributed by atoms with van der Waals surface area (Å²) in [6.07, 6.45) is -3.70. The number of carbonyl (C=O) groups excluding carboxylic acids is 2. The van der Waals surface area contributed by atoms with Crippen LogP contribution in [0.4, 0.5) is 18.9 Å². The van der Waals surface area contributed by atoms with Crippen LogP contribution in [-0.2, 0) is 11.3 Å². The third-order valence-electron chi connectivity index (χ3n) is 4.74. The first-order valence-corrected chi connectivity index (χ1v) is 12.0. The van der Waals surface area contributed by atoms with Crippen molar-refractivity contribution in [2.45, 2.75) is 30.6 Å². The van der Waals surface area contributed by atoms with E-state index in [1.54, 1.807) is 36.4 Å². The molecule has 2 aromatic rings. The summed E-state index contributed by atoms with van der Waals surface area (Å²) in [7, 11) is 0. The fourth-order valence-electron chi connectivity index (χ4n) is 3.15. The van der Waals surface area contributed by atoms with E-state index < -0.39 is 12.1 Å². The lowest BCUT2D eigenvalue weighted by Crippen LogP contribution is -2.40. The molecule has 2 amide bonds. The summed E-state index contributed by atoms with van der Waals surface area (Å²) < 4.78 is 38.6. The minimum absolute atomic E-state index is 0.0706. The Kier molecular flexibility index (Phi) is 7.94. The number of rotatable bonds is 6. The predicted octanol–water partition coefficient (Wildman–Crippen LogP) is 5.72. The van der Waals surface area contributed by atoms with Gasteiger partial charge >= 0.3 is 12.1 Å². The Morgan fingerprint density at radius 2 is 1.77 bits per heavy atom. The molecule has 9 heteroatoms. The average Bonchev–Trinajstić information content (AvgIpc) is 2.77. The van der Waals surface area contributed by atoms with E-state index in [0.717, 1.165) is 16.4 Å². The number of nitrogens with zero attached hydrogens (tertiary/aromatic N) is 1. The number of hydrogen-bond donors (Lipinski definition) is 1. The zero-order valence-corrected chi connectivity index (χ0v) is 18.6. The molecule has 4 nitrogen and oxygen atoms in total. The molecule has 1 heterocycles. The van der Waals surface area contributed by atoms with Crippen molar-refractivity contribution in [3.8, 4) is 0 Å². The Morgan fingerprint density at radius 1 is 1.10 bits per heavy atom. The Morgan fingerprint density at radius 3 is 2.39 bits per heavy atom. The average molecular weight is 469 g/mol. The molecule has 0 spiro atoms. The van der Waals surface area contributed by atoms with Crippen LogP contribution >= 0.6 is 23.5 Å². The van der Waals surface area contributed by atoms with Gasteiger partial charge in [0.25, 0.3) is 5.91 Å². The van der Waals surface area contributed by atoms with Gasteiger partial charge in [0.15, 0.2) is 0 Å². The summed E-state index contributed by atoms with van der Waals surface area (Å²) in [5.41, 5.74) is 2.64. The van der Waals surface area contributed by atoms with Gasteiger partial charge < -0.3 is 10.2 Å². The molecule has 0 aliphatic carbocycles. The molecular weight excluding hydrogens is 445 g/mol. The second-order valence-electron chi connectivity index (χ2n) is 7.02. The maximum Gasteiger partial charge on any atom is 0.471 e. The molecule has 3 rings (SSSR count). The van der Waals surface area contributed by atoms with Crippen LogP contribution in [0.15, 0.2) is 48.5 Å². The molecule has 1 N–H and O–H groups in total. The summed E-state index contributed by atoms with van der Waals surface area (Å²) >= 11 is 3.82. The number of hydrogen-bond acceptors (Lipinski definition) is 4. The molecular formula is C22H23F3N2O2S2. The van der Waals surface area contributed by atoms with Gasteiger partial charge in [0.05, 0.1) is 4.58 Å². The van der Waals surface area contributed by atoms with Crippen LogP contribution in [-0.4, -0.2) is 40.9 Å². The van der Waals surface area contributed by atoms with Crippen LogP contribution in [0.25, 0.3) is 0 Å². The Labute approximate surface area is 188 Å². The van der Waals surface area contributed by atoms with Gasteiger partial charge in [-0.1, -0.05) is 24.3 Å². The number of thioether (sulfide) groups is 2. The van der Waals surface area contributed by atoms with E-state index >= 15 is 0 Å². The number of halogens is 3. The van der Waals surface area contributed by atoms with E-state index in [1.165, 1.54) is 18.9 Å². The molecule has 0 saturated carbocycles. The van der Waals surface area contributed by atoms with Crippen molar-refractivity contribution in [2.24, 2.45) is 0 Å². The molecule has 0 atom stereocenters. The molecule has 2 aromatic carbocycles. The highest BCUT2D eigenvalue weighted by Gasteiger charge is 2.41. The Bertz CT molecular complexity index is 914. The minimum Gasteiger partial charge on any atom is -0.331 e. The molecule has 0 bridgehead atoms. The van der Waals surface area contributed by atoms with Crippen molar-refractivity contribution >= 4 is 41.0 Å². The first kappa shape index (κ1) is 23.5. The van der Waals surface area contributed by atoms with E-state index in [9.17, 15) is 22.8 Å². The van der Waals surface area contributed by atoms with Crippen molar-refractivity contribution in [3.63, 3.8) is 0 Å². The van der Waals surface area contributed by atoms with Crippen molar-refractivity contribution in [3.05, 3.63) is 65.2 Å². The number of anilines is 1. The molecule has 1 aliphatic rings. The quantitative estimate of drug-likeness (QED) is 0.589. The highest BCUT2D eigenvalue weighted by molar-refractivity contribution is 8.16. The van der Waals surface area contributed by atoms with Crippen molar-refractivity contribution in [1.82, 2.24) is 4.90 Å². The largest absolute Gasteiger partial charge is 0.471 e. The van der Waals surface area contributed by atoms with E-state index in [2.05, 4.69) is 5.32 Å². The Hall–Kier alpha value is -2.13. The molecule has 1 saturated heterocycles. The summed E-state index contributed by atoms with van der Waals surface area (Å²) in [6, 6.07) is 14.0. The van der Waals surface area contributed by atoms with Gasteiger partial charge in [0.1, 0.15) is 0 Å². The van der Waals surface area contributed by atoms with E-state index in [1.807, 2.05) is 35.7 Å². The number of carbonyl (C=O) groups is 2. The number of alkyl halides is 3. The molecule has 0 aromatic heterocycles. The van der Waals surface area contributed by atoms with Gasteiger partial charge in [0, 0.05) is 24.3 Å². The lowest BCUT2D eigenvalue weighted by atomic mass is 10.1. The fraction of sp³-hybridized carbons (Fsp3) is 0.364. The summed E-state index contributed by atoms with van der Waals surface area (Å²) in [5, 5.41) is 2.77. The lowest BCUT2D eigenvalue weighted by molar-refractivity contribution is -0.185. The maximum atomic E-state index is 12.7. The topological polar surface area (TPSA) is 49.4 Å². The van der Waals surface area contributed by atoms with Gasteiger partial charge in [-0.15, -0.1) is 23.5 Å². The van der Waals surface area contributed by atoms with Crippen LogP contribution in [0, 0.1) is 0 Å². The van der Waals surface area contributed by atoms with Gasteiger partial charge in [-0.25, -0.2) is 0 Å². The number of benzene rings is 2. The minimum atomic E-state index is -4.91. The molecule has 166 valence electrons. The highest BCUT2D eigenvalue weighted by atomic mass is 32.2. The zero-order valence-electron chi connectivity index (χ0n) is 16.9.